The predicted octanol–water partition coefficient (Wildman–Crippen LogP) is 2.99. The zero-order chi connectivity index (χ0) is 14.7. The number of rotatable bonds is 3. The molecular weight excluding hydrogens is 288 g/mol. The molecule has 0 atom stereocenters. The van der Waals surface area contributed by atoms with Gasteiger partial charge in [-0.05, 0) is 37.0 Å². The largest absolute Gasteiger partial charge is 0.381 e. The van der Waals surface area contributed by atoms with Crippen molar-refractivity contribution >= 4 is 11.6 Å². The van der Waals surface area contributed by atoms with Crippen molar-refractivity contribution in [3.05, 3.63) is 51.8 Å². The van der Waals surface area contributed by atoms with E-state index in [1.54, 1.807) is 16.8 Å². The smallest absolute Gasteiger partial charge is 0.266 e. The molecule has 1 saturated heterocycles. The van der Waals surface area contributed by atoms with Crippen molar-refractivity contribution in [1.82, 2.24) is 9.78 Å². The van der Waals surface area contributed by atoms with Gasteiger partial charge in [0, 0.05) is 36.4 Å². The average molecular weight is 305 g/mol. The second kappa shape index (κ2) is 6.41. The molecule has 0 unspecified atom stereocenters. The number of aromatic nitrogens is 2. The summed E-state index contributed by atoms with van der Waals surface area (Å²) < 4.78 is 6.92. The number of hydrogen-bond donors (Lipinski definition) is 0. The van der Waals surface area contributed by atoms with Crippen molar-refractivity contribution in [3.8, 4) is 11.3 Å². The number of halogens is 1. The van der Waals surface area contributed by atoms with Crippen LogP contribution in [0.5, 0.6) is 0 Å². The standard InChI is InChI=1S/C16H17ClN2O2/c17-14-3-1-13(2-4-14)15-5-6-16(20)19(18-15)11-12-7-9-21-10-8-12/h1-6,12H,7-11H2. The van der Waals surface area contributed by atoms with Crippen LogP contribution in [0.15, 0.2) is 41.2 Å². The van der Waals surface area contributed by atoms with E-state index in [1.165, 1.54) is 0 Å². The van der Waals surface area contributed by atoms with Crippen molar-refractivity contribution in [2.24, 2.45) is 5.92 Å². The van der Waals surface area contributed by atoms with Crippen LogP contribution in [-0.4, -0.2) is 23.0 Å². The number of ether oxygens (including phenoxy) is 1. The molecule has 2 heterocycles. The first-order chi connectivity index (χ1) is 10.2. The third-order valence-corrected chi connectivity index (χ3v) is 4.03. The molecule has 3 rings (SSSR count). The molecule has 2 aromatic rings. The SMILES string of the molecule is O=c1ccc(-c2ccc(Cl)cc2)nn1CC1CCOCC1. The van der Waals surface area contributed by atoms with E-state index in [4.69, 9.17) is 16.3 Å². The van der Waals surface area contributed by atoms with Crippen LogP contribution in [0.1, 0.15) is 12.8 Å². The molecule has 1 aliphatic heterocycles. The van der Waals surface area contributed by atoms with Gasteiger partial charge in [-0.15, -0.1) is 0 Å². The predicted molar refractivity (Wildman–Crippen MR) is 82.5 cm³/mol. The lowest BCUT2D eigenvalue weighted by Gasteiger charge is -2.22. The summed E-state index contributed by atoms with van der Waals surface area (Å²) in [5, 5.41) is 5.18. The van der Waals surface area contributed by atoms with Crippen molar-refractivity contribution in [1.29, 1.82) is 0 Å². The molecule has 1 aromatic carbocycles. The Morgan fingerprint density at radius 3 is 2.57 bits per heavy atom. The first-order valence-electron chi connectivity index (χ1n) is 7.14. The van der Waals surface area contributed by atoms with E-state index in [2.05, 4.69) is 5.10 Å². The van der Waals surface area contributed by atoms with Gasteiger partial charge in [-0.3, -0.25) is 4.79 Å². The zero-order valence-corrected chi connectivity index (χ0v) is 12.4. The highest BCUT2D eigenvalue weighted by Crippen LogP contribution is 2.19. The Morgan fingerprint density at radius 1 is 1.14 bits per heavy atom. The third-order valence-electron chi connectivity index (χ3n) is 3.78. The number of nitrogens with zero attached hydrogens (tertiary/aromatic N) is 2. The summed E-state index contributed by atoms with van der Waals surface area (Å²) in [6, 6.07) is 10.8. The van der Waals surface area contributed by atoms with Crippen molar-refractivity contribution in [2.45, 2.75) is 19.4 Å². The minimum Gasteiger partial charge on any atom is -0.381 e. The summed E-state index contributed by atoms with van der Waals surface area (Å²) in [6.45, 7) is 2.20. The first-order valence-corrected chi connectivity index (χ1v) is 7.52. The molecule has 0 radical (unpaired) electrons. The average Bonchev–Trinajstić information content (AvgIpc) is 2.51. The Bertz CT molecular complexity index is 661. The van der Waals surface area contributed by atoms with E-state index in [-0.39, 0.29) is 5.56 Å². The fourth-order valence-corrected chi connectivity index (χ4v) is 2.65. The maximum Gasteiger partial charge on any atom is 0.266 e. The molecule has 0 spiro atoms. The van der Waals surface area contributed by atoms with E-state index in [9.17, 15) is 4.79 Å². The van der Waals surface area contributed by atoms with Crippen molar-refractivity contribution < 1.29 is 4.74 Å². The Morgan fingerprint density at radius 2 is 1.86 bits per heavy atom. The highest BCUT2D eigenvalue weighted by atomic mass is 35.5. The molecule has 110 valence electrons. The molecule has 1 aliphatic rings. The number of hydrogen-bond acceptors (Lipinski definition) is 3. The van der Waals surface area contributed by atoms with Crippen LogP contribution < -0.4 is 5.56 Å². The van der Waals surface area contributed by atoms with Gasteiger partial charge in [0.2, 0.25) is 0 Å². The fourth-order valence-electron chi connectivity index (χ4n) is 2.53. The summed E-state index contributed by atoms with van der Waals surface area (Å²) in [5.41, 5.74) is 1.69. The van der Waals surface area contributed by atoms with Gasteiger partial charge in [0.25, 0.3) is 5.56 Å². The molecule has 0 saturated carbocycles. The van der Waals surface area contributed by atoms with Gasteiger partial charge in [-0.2, -0.15) is 5.10 Å². The van der Waals surface area contributed by atoms with E-state index in [0.29, 0.717) is 17.5 Å². The lowest BCUT2D eigenvalue weighted by molar-refractivity contribution is 0.0597. The third kappa shape index (κ3) is 3.52. The van der Waals surface area contributed by atoms with E-state index in [0.717, 1.165) is 37.3 Å². The molecule has 0 N–H and O–H groups in total. The van der Waals surface area contributed by atoms with Crippen LogP contribution in [-0.2, 0) is 11.3 Å². The van der Waals surface area contributed by atoms with Crippen LogP contribution in [0.2, 0.25) is 5.02 Å². The second-order valence-electron chi connectivity index (χ2n) is 5.30. The normalized spacial score (nSPS) is 16.0. The Labute approximate surface area is 128 Å². The van der Waals surface area contributed by atoms with Crippen LogP contribution >= 0.6 is 11.6 Å². The minimum absolute atomic E-state index is 0.0563. The molecular formula is C16H17ClN2O2. The molecule has 1 fully saturated rings. The quantitative estimate of drug-likeness (QED) is 0.875. The van der Waals surface area contributed by atoms with E-state index in [1.807, 2.05) is 24.3 Å². The Hall–Kier alpha value is -1.65. The fraction of sp³-hybridized carbons (Fsp3) is 0.375. The summed E-state index contributed by atoms with van der Waals surface area (Å²) in [5.74, 6) is 0.462. The highest BCUT2D eigenvalue weighted by molar-refractivity contribution is 6.30. The van der Waals surface area contributed by atoms with Crippen LogP contribution in [0.4, 0.5) is 0 Å². The van der Waals surface area contributed by atoms with Crippen LogP contribution in [0, 0.1) is 5.92 Å². The zero-order valence-electron chi connectivity index (χ0n) is 11.7. The highest BCUT2D eigenvalue weighted by Gasteiger charge is 2.15. The van der Waals surface area contributed by atoms with Crippen molar-refractivity contribution in [3.63, 3.8) is 0 Å². The molecule has 4 nitrogen and oxygen atoms in total. The number of benzene rings is 1. The Kier molecular flexibility index (Phi) is 4.36. The molecule has 0 bridgehead atoms. The Balaban J connectivity index is 1.85. The molecule has 21 heavy (non-hydrogen) atoms. The maximum absolute atomic E-state index is 12.0. The van der Waals surface area contributed by atoms with E-state index >= 15 is 0 Å². The minimum atomic E-state index is -0.0563. The monoisotopic (exact) mass is 304 g/mol. The molecule has 1 aromatic heterocycles. The van der Waals surface area contributed by atoms with Crippen LogP contribution in [0.25, 0.3) is 11.3 Å². The maximum atomic E-state index is 12.0. The lowest BCUT2D eigenvalue weighted by atomic mass is 10.0. The summed E-state index contributed by atoms with van der Waals surface area (Å²) in [4.78, 5) is 12.0. The van der Waals surface area contributed by atoms with Gasteiger partial charge in [-0.25, -0.2) is 4.68 Å². The van der Waals surface area contributed by atoms with Crippen molar-refractivity contribution in [2.75, 3.05) is 13.2 Å². The first kappa shape index (κ1) is 14.3. The molecule has 0 aliphatic carbocycles. The van der Waals surface area contributed by atoms with Gasteiger partial charge < -0.3 is 4.74 Å². The van der Waals surface area contributed by atoms with Gasteiger partial charge in [0.15, 0.2) is 0 Å². The molecule has 0 amide bonds. The van der Waals surface area contributed by atoms with Crippen LogP contribution in [0.3, 0.4) is 0 Å². The summed E-state index contributed by atoms with van der Waals surface area (Å²) >= 11 is 5.90. The lowest BCUT2D eigenvalue weighted by Crippen LogP contribution is -2.29. The summed E-state index contributed by atoms with van der Waals surface area (Å²) in [7, 11) is 0. The summed E-state index contributed by atoms with van der Waals surface area (Å²) in [6.07, 6.45) is 1.97. The van der Waals surface area contributed by atoms with Gasteiger partial charge in [0.05, 0.1) is 5.69 Å². The van der Waals surface area contributed by atoms with Gasteiger partial charge >= 0.3 is 0 Å². The van der Waals surface area contributed by atoms with E-state index < -0.39 is 0 Å². The topological polar surface area (TPSA) is 44.1 Å². The van der Waals surface area contributed by atoms with Gasteiger partial charge in [-0.1, -0.05) is 23.7 Å². The second-order valence-corrected chi connectivity index (χ2v) is 5.74. The molecule has 5 heteroatoms. The van der Waals surface area contributed by atoms with Gasteiger partial charge in [0.1, 0.15) is 0 Å².